The van der Waals surface area contributed by atoms with Crippen molar-refractivity contribution in [3.8, 4) is 0 Å². The first-order valence-corrected chi connectivity index (χ1v) is 12.5. The summed E-state index contributed by atoms with van der Waals surface area (Å²) < 4.78 is 0. The van der Waals surface area contributed by atoms with Gasteiger partial charge in [0.25, 0.3) is 0 Å². The number of allylic oxidation sites excluding steroid dienone is 4. The van der Waals surface area contributed by atoms with Gasteiger partial charge in [0.2, 0.25) is 0 Å². The van der Waals surface area contributed by atoms with E-state index >= 15 is 0 Å². The van der Waals surface area contributed by atoms with E-state index in [1.165, 1.54) is 55.2 Å². The van der Waals surface area contributed by atoms with Gasteiger partial charge in [0.05, 0.1) is 0 Å². The van der Waals surface area contributed by atoms with E-state index in [2.05, 4.69) is 66.7 Å². The van der Waals surface area contributed by atoms with Crippen LogP contribution in [0.4, 0.5) is 0 Å². The van der Waals surface area contributed by atoms with Gasteiger partial charge in [-0.15, -0.1) is 12.2 Å². The Morgan fingerprint density at radius 2 is 1.48 bits per heavy atom. The molecule has 1 fully saturated rings. The van der Waals surface area contributed by atoms with Crippen LogP contribution in [-0.2, 0) is 21.7 Å². The summed E-state index contributed by atoms with van der Waals surface area (Å²) in [5.74, 6) is 2.63. The molecule has 0 amide bonds. The van der Waals surface area contributed by atoms with Crippen molar-refractivity contribution in [2.45, 2.75) is 92.0 Å². The smallest absolute Gasteiger partial charge is 1.00 e. The molecule has 2 unspecified atom stereocenters. The zero-order chi connectivity index (χ0) is 19.8. The molecule has 0 bridgehead atoms. The number of halogens is 3. The van der Waals surface area contributed by atoms with Crippen molar-refractivity contribution in [1.29, 1.82) is 0 Å². The molecular weight excluding hydrogens is 495 g/mol. The van der Waals surface area contributed by atoms with Crippen molar-refractivity contribution in [2.75, 3.05) is 0 Å². The predicted octanol–water partition coefficient (Wildman–Crippen LogP) is -2.73. The van der Waals surface area contributed by atoms with E-state index in [0.29, 0.717) is 5.04 Å². The first-order chi connectivity index (χ1) is 12.8. The Bertz CT molecular complexity index is 758. The Morgan fingerprint density at radius 1 is 0.935 bits per heavy atom. The normalized spacial score (nSPS) is 21.6. The van der Waals surface area contributed by atoms with Crippen LogP contribution in [0.5, 0.6) is 0 Å². The van der Waals surface area contributed by atoms with Crippen LogP contribution in [0, 0.1) is 46.5 Å². The summed E-state index contributed by atoms with van der Waals surface area (Å²) in [5.41, 5.74) is 9.49. The zero-order valence-corrected chi connectivity index (χ0v) is 25.6. The van der Waals surface area contributed by atoms with E-state index in [1.54, 1.807) is 21.9 Å². The molecule has 0 aliphatic heterocycles. The second-order valence-electron chi connectivity index (χ2n) is 9.46. The fraction of sp³-hybridized carbons (Fsp3) is 0.577. The van der Waals surface area contributed by atoms with Crippen molar-refractivity contribution in [2.24, 2.45) is 5.92 Å². The van der Waals surface area contributed by atoms with E-state index in [9.17, 15) is 0 Å². The van der Waals surface area contributed by atoms with Crippen LogP contribution in [0.1, 0.15) is 80.2 Å². The number of fused-ring (bicyclic) bond motifs is 1. The number of rotatable bonds is 6. The van der Waals surface area contributed by atoms with Crippen LogP contribution >= 0.6 is 0 Å². The molecule has 1 aromatic carbocycles. The number of hydrogen-bond acceptors (Lipinski definition) is 0. The molecule has 5 heteroatoms. The van der Waals surface area contributed by atoms with E-state index in [1.807, 2.05) is 5.92 Å². The maximum atomic E-state index is 2.63. The molecule has 31 heavy (non-hydrogen) atoms. The van der Waals surface area contributed by atoms with Crippen LogP contribution in [-0.4, -0.2) is 9.52 Å². The van der Waals surface area contributed by atoms with Gasteiger partial charge in [-0.2, -0.15) is 0 Å². The molecule has 0 heterocycles. The van der Waals surface area contributed by atoms with E-state index in [-0.39, 0.29) is 68.5 Å². The van der Waals surface area contributed by atoms with E-state index in [4.69, 9.17) is 0 Å². The van der Waals surface area contributed by atoms with Crippen molar-refractivity contribution < 1.29 is 58.9 Å². The second kappa shape index (κ2) is 13.9. The van der Waals surface area contributed by atoms with Crippen LogP contribution in [0.15, 0.2) is 23.8 Å². The van der Waals surface area contributed by atoms with Crippen LogP contribution in [0.25, 0.3) is 0 Å². The van der Waals surface area contributed by atoms with Crippen molar-refractivity contribution in [3.05, 3.63) is 57.5 Å². The Kier molecular flexibility index (Phi) is 15.1. The number of unbranched alkanes of at least 4 members (excludes halogenated alkanes) is 2. The summed E-state index contributed by atoms with van der Waals surface area (Å²) >= 11 is 0. The molecule has 2 aliphatic carbocycles. The topological polar surface area (TPSA) is 0 Å². The van der Waals surface area contributed by atoms with Gasteiger partial charge in [0, 0.05) is 9.52 Å². The average Bonchev–Trinajstić information content (AvgIpc) is 2.94. The summed E-state index contributed by atoms with van der Waals surface area (Å²) in [6.07, 6.45) is 15.2. The Hall–Kier alpha value is 0.371. The largest absolute Gasteiger partial charge is 4.00 e. The first kappa shape index (κ1) is 33.5. The summed E-state index contributed by atoms with van der Waals surface area (Å²) in [7, 11) is -0.390. The molecule has 0 aromatic heterocycles. The molecule has 0 N–H and O–H groups in total. The number of benzene rings is 1. The molecule has 2 atom stereocenters. The molecule has 3 rings (SSSR count). The predicted molar refractivity (Wildman–Crippen MR) is 124 cm³/mol. The molecule has 1 saturated carbocycles. The quantitative estimate of drug-likeness (QED) is 0.212. The number of hydrogen-bond donors (Lipinski definition) is 0. The molecule has 2 aliphatic rings. The van der Waals surface area contributed by atoms with E-state index < -0.39 is 0 Å². The van der Waals surface area contributed by atoms with Crippen LogP contribution in [0.2, 0.25) is 5.04 Å². The van der Waals surface area contributed by atoms with Crippen molar-refractivity contribution >= 4 is 14.7 Å². The molecular formula is C26H39Cl3SiTi. The van der Waals surface area contributed by atoms with Gasteiger partial charge in [0.1, 0.15) is 0 Å². The first-order valence-electron chi connectivity index (χ1n) is 11.1. The third-order valence-electron chi connectivity index (χ3n) is 7.80. The fourth-order valence-electron chi connectivity index (χ4n) is 5.64. The average molecular weight is 534 g/mol. The zero-order valence-electron chi connectivity index (χ0n) is 20.4. The molecule has 172 valence electrons. The third kappa shape index (κ3) is 6.71. The van der Waals surface area contributed by atoms with Crippen LogP contribution in [0.3, 0.4) is 0 Å². The second-order valence-corrected chi connectivity index (χ2v) is 12.1. The monoisotopic (exact) mass is 532 g/mol. The molecule has 1 aromatic rings. The molecule has 0 nitrogen and oxygen atoms in total. The molecule has 0 spiro atoms. The van der Waals surface area contributed by atoms with Gasteiger partial charge in [0.15, 0.2) is 0 Å². The Morgan fingerprint density at radius 3 is 2.03 bits per heavy atom. The Balaban J connectivity index is 0. The van der Waals surface area contributed by atoms with Crippen molar-refractivity contribution in [1.82, 2.24) is 0 Å². The van der Waals surface area contributed by atoms with Gasteiger partial charge in [-0.1, -0.05) is 56.2 Å². The SMILES string of the molecule is CCCCC[C-]1C2=CC=CCC2CC1(C)[SiH2]c1c(C)c(C)c(C)c(C)c1C.[Cl-].[Cl-].[Cl-].[Ti+4]. The van der Waals surface area contributed by atoms with Gasteiger partial charge < -0.3 is 37.2 Å². The van der Waals surface area contributed by atoms with Crippen LogP contribution < -0.4 is 42.4 Å². The van der Waals surface area contributed by atoms with Gasteiger partial charge >= 0.3 is 21.7 Å². The Labute approximate surface area is 227 Å². The summed E-state index contributed by atoms with van der Waals surface area (Å²) in [4.78, 5) is 0. The molecule has 0 saturated heterocycles. The third-order valence-corrected chi connectivity index (χ3v) is 10.7. The molecule has 0 radical (unpaired) electrons. The van der Waals surface area contributed by atoms with Gasteiger partial charge in [-0.25, -0.2) is 17.6 Å². The summed E-state index contributed by atoms with van der Waals surface area (Å²) in [6.45, 7) is 16.7. The van der Waals surface area contributed by atoms with Crippen molar-refractivity contribution in [3.63, 3.8) is 0 Å². The van der Waals surface area contributed by atoms with Gasteiger partial charge in [-0.05, 0) is 74.8 Å². The minimum Gasteiger partial charge on any atom is -1.00 e. The van der Waals surface area contributed by atoms with Gasteiger partial charge in [-0.3, -0.25) is 0 Å². The summed E-state index contributed by atoms with van der Waals surface area (Å²) in [6, 6.07) is 0. The summed E-state index contributed by atoms with van der Waals surface area (Å²) in [5, 5.41) is 2.22. The minimum absolute atomic E-state index is 0. The van der Waals surface area contributed by atoms with E-state index in [0.717, 1.165) is 5.92 Å². The maximum Gasteiger partial charge on any atom is 4.00 e. The standard InChI is InChI=1S/C26H39Si.3ClH.Ti/c1-8-9-10-15-24-23-14-12-11-13-22(23)16-26(24,7)27-25-20(5)18(3)17(2)19(4)21(25)6;;;;/h11-12,14,22H,8-10,13,15-16,27H2,1-7H3;3*1H;/q-1;;;;+4/p-3. The minimum atomic E-state index is -0.390. The maximum absolute atomic E-state index is 2.63. The fourth-order valence-corrected chi connectivity index (χ4v) is 8.57.